The molecule has 1 aromatic heterocycles. The van der Waals surface area contributed by atoms with Crippen LogP contribution < -0.4 is 15.4 Å². The van der Waals surface area contributed by atoms with Gasteiger partial charge in [-0.25, -0.2) is 4.98 Å². The maximum atomic E-state index is 5.50. The second kappa shape index (κ2) is 8.08. The van der Waals surface area contributed by atoms with Crippen LogP contribution in [0, 0.1) is 0 Å². The minimum Gasteiger partial charge on any atom is -0.494 e. The number of rotatable bonds is 6. The minimum absolute atomic E-state index is 0.133. The summed E-state index contributed by atoms with van der Waals surface area (Å²) >= 11 is 0. The van der Waals surface area contributed by atoms with Crippen LogP contribution in [-0.2, 0) is 0 Å². The monoisotopic (exact) mass is 362 g/mol. The molecule has 0 amide bonds. The summed E-state index contributed by atoms with van der Waals surface area (Å²) in [5.74, 6) is 2.18. The fraction of sp³-hybridized carbons (Fsp3) is 0.273. The SMILES string of the molecule is CCOc1ccc(Nc2cc(-c3ccccc3)nc(NC(C)(C)C)n2)cc1. The predicted octanol–water partition coefficient (Wildman–Crippen LogP) is 5.50. The summed E-state index contributed by atoms with van der Waals surface area (Å²) in [7, 11) is 0. The standard InChI is InChI=1S/C22H26N4O/c1-5-27-18-13-11-17(12-14-18)23-20-15-19(16-9-7-6-8-10-16)24-21(25-20)26-22(2,3)4/h6-15H,5H2,1-4H3,(H2,23,24,25,26). The molecule has 3 aromatic rings. The number of hydrogen-bond donors (Lipinski definition) is 2. The molecule has 0 aliphatic heterocycles. The molecular formula is C22H26N4O. The Kier molecular flexibility index (Phi) is 5.60. The van der Waals surface area contributed by atoms with Gasteiger partial charge in [-0.2, -0.15) is 4.98 Å². The van der Waals surface area contributed by atoms with E-state index in [-0.39, 0.29) is 5.54 Å². The van der Waals surface area contributed by atoms with E-state index in [2.05, 4.69) is 41.4 Å². The first-order valence-electron chi connectivity index (χ1n) is 9.15. The van der Waals surface area contributed by atoms with E-state index in [0.717, 1.165) is 28.5 Å². The van der Waals surface area contributed by atoms with Crippen LogP contribution in [0.4, 0.5) is 17.5 Å². The molecule has 140 valence electrons. The Bertz CT molecular complexity index is 871. The summed E-state index contributed by atoms with van der Waals surface area (Å²) in [6.07, 6.45) is 0. The third-order valence-electron chi connectivity index (χ3n) is 3.72. The minimum atomic E-state index is -0.133. The van der Waals surface area contributed by atoms with Crippen molar-refractivity contribution in [2.24, 2.45) is 0 Å². The lowest BCUT2D eigenvalue weighted by Gasteiger charge is -2.21. The van der Waals surface area contributed by atoms with Gasteiger partial charge >= 0.3 is 0 Å². The van der Waals surface area contributed by atoms with Crippen molar-refractivity contribution in [1.82, 2.24) is 9.97 Å². The molecule has 0 saturated heterocycles. The first-order valence-corrected chi connectivity index (χ1v) is 9.15. The molecule has 27 heavy (non-hydrogen) atoms. The number of benzene rings is 2. The highest BCUT2D eigenvalue weighted by Crippen LogP contribution is 2.25. The van der Waals surface area contributed by atoms with Gasteiger partial charge in [0.1, 0.15) is 11.6 Å². The third kappa shape index (κ3) is 5.45. The van der Waals surface area contributed by atoms with Crippen molar-refractivity contribution in [2.45, 2.75) is 33.2 Å². The van der Waals surface area contributed by atoms with E-state index in [1.807, 2.05) is 67.6 Å². The van der Waals surface area contributed by atoms with Crippen LogP contribution in [0.25, 0.3) is 11.3 Å². The Morgan fingerprint density at radius 1 is 0.926 bits per heavy atom. The molecule has 2 N–H and O–H groups in total. The molecule has 0 radical (unpaired) electrons. The molecule has 0 unspecified atom stereocenters. The number of anilines is 3. The number of nitrogens with one attached hydrogen (secondary N) is 2. The summed E-state index contributed by atoms with van der Waals surface area (Å²) < 4.78 is 5.50. The number of ether oxygens (including phenoxy) is 1. The quantitative estimate of drug-likeness (QED) is 0.607. The summed E-state index contributed by atoms with van der Waals surface area (Å²) in [4.78, 5) is 9.32. The van der Waals surface area contributed by atoms with Crippen molar-refractivity contribution in [3.05, 3.63) is 60.7 Å². The average molecular weight is 362 g/mol. The molecule has 5 nitrogen and oxygen atoms in total. The lowest BCUT2D eigenvalue weighted by Crippen LogP contribution is -2.27. The van der Waals surface area contributed by atoms with Gasteiger partial charge in [-0.15, -0.1) is 0 Å². The highest BCUT2D eigenvalue weighted by molar-refractivity contribution is 5.67. The van der Waals surface area contributed by atoms with Gasteiger partial charge in [0.25, 0.3) is 0 Å². The second-order valence-corrected chi connectivity index (χ2v) is 7.29. The van der Waals surface area contributed by atoms with Gasteiger partial charge in [-0.1, -0.05) is 30.3 Å². The van der Waals surface area contributed by atoms with Crippen molar-refractivity contribution < 1.29 is 4.74 Å². The highest BCUT2D eigenvalue weighted by Gasteiger charge is 2.14. The molecule has 2 aromatic carbocycles. The van der Waals surface area contributed by atoms with Crippen molar-refractivity contribution in [1.29, 1.82) is 0 Å². The fourth-order valence-corrected chi connectivity index (χ4v) is 2.61. The van der Waals surface area contributed by atoms with E-state index in [1.54, 1.807) is 0 Å². The van der Waals surface area contributed by atoms with Gasteiger partial charge in [0.15, 0.2) is 0 Å². The van der Waals surface area contributed by atoms with Crippen LogP contribution in [0.15, 0.2) is 60.7 Å². The van der Waals surface area contributed by atoms with Crippen molar-refractivity contribution in [3.63, 3.8) is 0 Å². The van der Waals surface area contributed by atoms with E-state index in [4.69, 9.17) is 4.74 Å². The van der Waals surface area contributed by atoms with Gasteiger partial charge in [-0.05, 0) is 52.0 Å². The van der Waals surface area contributed by atoms with Crippen molar-refractivity contribution in [2.75, 3.05) is 17.2 Å². The fourth-order valence-electron chi connectivity index (χ4n) is 2.61. The van der Waals surface area contributed by atoms with Gasteiger partial charge in [0.05, 0.1) is 12.3 Å². The molecule has 3 rings (SSSR count). The first kappa shape index (κ1) is 18.7. The zero-order valence-electron chi connectivity index (χ0n) is 16.3. The van der Waals surface area contributed by atoms with Gasteiger partial charge in [0.2, 0.25) is 5.95 Å². The van der Waals surface area contributed by atoms with Crippen LogP contribution in [0.2, 0.25) is 0 Å². The zero-order chi connectivity index (χ0) is 19.3. The van der Waals surface area contributed by atoms with Crippen LogP contribution in [0.1, 0.15) is 27.7 Å². The van der Waals surface area contributed by atoms with Crippen molar-refractivity contribution >= 4 is 17.5 Å². The predicted molar refractivity (Wildman–Crippen MR) is 112 cm³/mol. The molecule has 0 spiro atoms. The van der Waals surface area contributed by atoms with Gasteiger partial charge < -0.3 is 15.4 Å². The summed E-state index contributed by atoms with van der Waals surface area (Å²) in [6, 6.07) is 19.9. The van der Waals surface area contributed by atoms with E-state index >= 15 is 0 Å². The molecule has 0 fully saturated rings. The molecule has 1 heterocycles. The Balaban J connectivity index is 1.92. The Labute approximate surface area is 160 Å². The third-order valence-corrected chi connectivity index (χ3v) is 3.72. The number of hydrogen-bond acceptors (Lipinski definition) is 5. The lowest BCUT2D eigenvalue weighted by atomic mass is 10.1. The Morgan fingerprint density at radius 3 is 2.26 bits per heavy atom. The maximum Gasteiger partial charge on any atom is 0.225 e. The number of aromatic nitrogens is 2. The zero-order valence-corrected chi connectivity index (χ0v) is 16.3. The summed E-state index contributed by atoms with van der Waals surface area (Å²) in [5, 5.41) is 6.72. The molecule has 5 heteroatoms. The lowest BCUT2D eigenvalue weighted by molar-refractivity contribution is 0.340. The smallest absolute Gasteiger partial charge is 0.225 e. The number of nitrogens with zero attached hydrogens (tertiary/aromatic N) is 2. The van der Waals surface area contributed by atoms with Crippen molar-refractivity contribution in [3.8, 4) is 17.0 Å². The highest BCUT2D eigenvalue weighted by atomic mass is 16.5. The molecule has 0 bridgehead atoms. The average Bonchev–Trinajstić information content (AvgIpc) is 2.63. The first-order chi connectivity index (χ1) is 12.9. The van der Waals surface area contributed by atoms with Crippen LogP contribution in [-0.4, -0.2) is 22.1 Å². The molecule has 0 aliphatic carbocycles. The molecule has 0 saturated carbocycles. The van der Waals surface area contributed by atoms with Crippen LogP contribution in [0.3, 0.4) is 0 Å². The Morgan fingerprint density at radius 2 is 1.63 bits per heavy atom. The van der Waals surface area contributed by atoms with Crippen LogP contribution in [0.5, 0.6) is 5.75 Å². The molecule has 0 aliphatic rings. The Hall–Kier alpha value is -3.08. The second-order valence-electron chi connectivity index (χ2n) is 7.29. The van der Waals surface area contributed by atoms with Gasteiger partial charge in [0, 0.05) is 22.9 Å². The van der Waals surface area contributed by atoms with E-state index in [9.17, 15) is 0 Å². The normalized spacial score (nSPS) is 11.1. The molecule has 0 atom stereocenters. The summed E-state index contributed by atoms with van der Waals surface area (Å²) in [5.41, 5.74) is 2.72. The van der Waals surface area contributed by atoms with E-state index in [1.165, 1.54) is 0 Å². The largest absolute Gasteiger partial charge is 0.494 e. The topological polar surface area (TPSA) is 59.1 Å². The van der Waals surface area contributed by atoms with E-state index in [0.29, 0.717) is 12.6 Å². The van der Waals surface area contributed by atoms with E-state index < -0.39 is 0 Å². The van der Waals surface area contributed by atoms with Gasteiger partial charge in [-0.3, -0.25) is 0 Å². The maximum absolute atomic E-state index is 5.50. The molecular weight excluding hydrogens is 336 g/mol. The summed E-state index contributed by atoms with van der Waals surface area (Å²) in [6.45, 7) is 8.89. The van der Waals surface area contributed by atoms with Crippen LogP contribution >= 0.6 is 0 Å².